The normalized spacial score (nSPS) is 13.4. The molecule has 8 heteroatoms. The number of rotatable bonds is 5. The number of nitrogens with zero attached hydrogens (tertiary/aromatic N) is 1. The van der Waals surface area contributed by atoms with E-state index in [9.17, 15) is 18.0 Å². The first-order valence-corrected chi connectivity index (χ1v) is 10.3. The van der Waals surface area contributed by atoms with Gasteiger partial charge in [-0.1, -0.05) is 11.6 Å². The zero-order valence-corrected chi connectivity index (χ0v) is 17.4. The number of nitrogens with one attached hydrogen (secondary N) is 2. The summed E-state index contributed by atoms with van der Waals surface area (Å²) in [7, 11) is 0. The summed E-state index contributed by atoms with van der Waals surface area (Å²) in [5, 5.41) is 6.70. The molecule has 1 amide bonds. The molecule has 2 heterocycles. The van der Waals surface area contributed by atoms with Crippen molar-refractivity contribution in [1.29, 1.82) is 0 Å². The van der Waals surface area contributed by atoms with Gasteiger partial charge in [-0.3, -0.25) is 4.79 Å². The summed E-state index contributed by atoms with van der Waals surface area (Å²) in [6, 6.07) is 10.1. The van der Waals surface area contributed by atoms with Gasteiger partial charge in [-0.05, 0) is 67.1 Å². The first-order chi connectivity index (χ1) is 15.5. The van der Waals surface area contributed by atoms with Crippen LogP contribution in [-0.2, 0) is 11.3 Å². The molecule has 5 rings (SSSR count). The van der Waals surface area contributed by atoms with E-state index in [0.717, 1.165) is 47.8 Å². The van der Waals surface area contributed by atoms with Crippen LogP contribution in [0.3, 0.4) is 0 Å². The highest BCUT2D eigenvalue weighted by atomic mass is 19.1. The van der Waals surface area contributed by atoms with Crippen LogP contribution in [0.2, 0.25) is 0 Å². The predicted molar refractivity (Wildman–Crippen MR) is 114 cm³/mol. The fourth-order valence-corrected chi connectivity index (χ4v) is 3.85. The molecule has 0 spiro atoms. The summed E-state index contributed by atoms with van der Waals surface area (Å²) in [5.41, 5.74) is 3.65. The quantitative estimate of drug-likeness (QED) is 0.388. The molecule has 5 nitrogen and oxygen atoms in total. The van der Waals surface area contributed by atoms with Gasteiger partial charge in [0, 0.05) is 17.5 Å². The standard InChI is InChI=1S/C18H14F3N.C6H8N2O2/c19-12-6-4-11(5-7-12)17-16(10-2-1-3-10)14-8-13(20)9-15(21)18(14)22-17;1-5-2-6(10-8-5)3-7-4-9/h4-10,22H,1-3H2;2,4H,3H2,1H3,(H,7,9). The number of halogens is 3. The Labute approximate surface area is 182 Å². The van der Waals surface area contributed by atoms with Gasteiger partial charge in [0.2, 0.25) is 6.41 Å². The maximum absolute atomic E-state index is 14.1. The Bertz CT molecular complexity index is 1230. The lowest BCUT2D eigenvalue weighted by Gasteiger charge is -2.26. The summed E-state index contributed by atoms with van der Waals surface area (Å²) < 4.78 is 45.6. The number of H-pyrrole nitrogens is 1. The van der Waals surface area contributed by atoms with Gasteiger partial charge in [-0.15, -0.1) is 0 Å². The smallest absolute Gasteiger partial charge is 0.207 e. The average Bonchev–Trinajstić information content (AvgIpc) is 3.31. The number of hydrogen-bond donors (Lipinski definition) is 2. The number of aromatic amines is 1. The van der Waals surface area contributed by atoms with Crippen LogP contribution in [0.1, 0.15) is 42.2 Å². The number of benzene rings is 2. The van der Waals surface area contributed by atoms with Crippen LogP contribution in [0.25, 0.3) is 22.2 Å². The Morgan fingerprint density at radius 1 is 1.12 bits per heavy atom. The molecule has 4 aromatic rings. The van der Waals surface area contributed by atoms with Crippen LogP contribution < -0.4 is 5.32 Å². The first kappa shape index (κ1) is 21.7. The van der Waals surface area contributed by atoms with E-state index in [-0.39, 0.29) is 5.82 Å². The summed E-state index contributed by atoms with van der Waals surface area (Å²) >= 11 is 0. The van der Waals surface area contributed by atoms with Crippen molar-refractivity contribution in [2.24, 2.45) is 0 Å². The van der Waals surface area contributed by atoms with Crippen molar-refractivity contribution in [3.8, 4) is 11.3 Å². The molecule has 1 fully saturated rings. The molecule has 1 aliphatic rings. The number of carbonyl (C=O) groups excluding carboxylic acids is 1. The number of aromatic nitrogens is 2. The number of aryl methyl sites for hydroxylation is 1. The molecule has 2 aromatic carbocycles. The maximum atomic E-state index is 14.1. The third kappa shape index (κ3) is 4.54. The fourth-order valence-electron chi connectivity index (χ4n) is 3.85. The molecular formula is C24H22F3N3O2. The van der Waals surface area contributed by atoms with Crippen molar-refractivity contribution in [3.63, 3.8) is 0 Å². The van der Waals surface area contributed by atoms with Crippen molar-refractivity contribution in [2.75, 3.05) is 0 Å². The van der Waals surface area contributed by atoms with Gasteiger partial charge >= 0.3 is 0 Å². The minimum absolute atomic E-state index is 0.301. The number of fused-ring (bicyclic) bond motifs is 1. The highest BCUT2D eigenvalue weighted by Crippen LogP contribution is 2.45. The Kier molecular flexibility index (Phi) is 6.30. The lowest BCUT2D eigenvalue weighted by atomic mass is 9.78. The van der Waals surface area contributed by atoms with Crippen LogP contribution in [0.5, 0.6) is 0 Å². The van der Waals surface area contributed by atoms with Gasteiger partial charge in [-0.2, -0.15) is 0 Å². The van der Waals surface area contributed by atoms with Gasteiger partial charge in [0.05, 0.1) is 23.4 Å². The van der Waals surface area contributed by atoms with E-state index in [1.807, 2.05) is 6.92 Å². The van der Waals surface area contributed by atoms with Crippen LogP contribution in [-0.4, -0.2) is 16.6 Å². The monoisotopic (exact) mass is 441 g/mol. The lowest BCUT2D eigenvalue weighted by Crippen LogP contribution is -2.09. The maximum Gasteiger partial charge on any atom is 0.207 e. The van der Waals surface area contributed by atoms with Crippen molar-refractivity contribution < 1.29 is 22.5 Å². The summed E-state index contributed by atoms with van der Waals surface area (Å²) in [4.78, 5) is 12.9. The van der Waals surface area contributed by atoms with Gasteiger partial charge < -0.3 is 14.8 Å². The van der Waals surface area contributed by atoms with Crippen LogP contribution in [0, 0.1) is 24.4 Å². The lowest BCUT2D eigenvalue weighted by molar-refractivity contribution is -0.109. The molecule has 0 radical (unpaired) electrons. The van der Waals surface area contributed by atoms with Gasteiger partial charge in [0.25, 0.3) is 0 Å². The molecule has 1 saturated carbocycles. The zero-order chi connectivity index (χ0) is 22.7. The molecule has 0 saturated heterocycles. The third-order valence-corrected chi connectivity index (χ3v) is 5.55. The topological polar surface area (TPSA) is 70.9 Å². The highest BCUT2D eigenvalue weighted by Gasteiger charge is 2.27. The predicted octanol–water partition coefficient (Wildman–Crippen LogP) is 5.75. The van der Waals surface area contributed by atoms with E-state index < -0.39 is 11.6 Å². The Morgan fingerprint density at radius 3 is 2.47 bits per heavy atom. The minimum Gasteiger partial charge on any atom is -0.359 e. The van der Waals surface area contributed by atoms with Crippen molar-refractivity contribution in [3.05, 3.63) is 76.9 Å². The zero-order valence-electron chi connectivity index (χ0n) is 17.4. The van der Waals surface area contributed by atoms with Crippen molar-refractivity contribution in [2.45, 2.75) is 38.6 Å². The number of amides is 1. The Balaban J connectivity index is 0.000000207. The largest absolute Gasteiger partial charge is 0.359 e. The molecule has 2 aromatic heterocycles. The second kappa shape index (κ2) is 9.30. The van der Waals surface area contributed by atoms with Crippen molar-refractivity contribution >= 4 is 17.3 Å². The molecule has 0 aliphatic heterocycles. The number of hydrogen-bond acceptors (Lipinski definition) is 3. The van der Waals surface area contributed by atoms with Crippen LogP contribution in [0.15, 0.2) is 47.0 Å². The van der Waals surface area contributed by atoms with Gasteiger partial charge in [0.1, 0.15) is 17.5 Å². The van der Waals surface area contributed by atoms with E-state index in [1.165, 1.54) is 18.2 Å². The summed E-state index contributed by atoms with van der Waals surface area (Å²) in [6.45, 7) is 2.23. The molecule has 0 atom stereocenters. The second-order valence-electron chi connectivity index (χ2n) is 7.79. The van der Waals surface area contributed by atoms with E-state index in [4.69, 9.17) is 4.52 Å². The average molecular weight is 441 g/mol. The highest BCUT2D eigenvalue weighted by molar-refractivity contribution is 5.92. The Hall–Kier alpha value is -3.55. The minimum atomic E-state index is -0.594. The van der Waals surface area contributed by atoms with E-state index in [2.05, 4.69) is 15.5 Å². The van der Waals surface area contributed by atoms with Gasteiger partial charge in [0.15, 0.2) is 5.76 Å². The molecule has 32 heavy (non-hydrogen) atoms. The first-order valence-electron chi connectivity index (χ1n) is 10.3. The van der Waals surface area contributed by atoms with E-state index in [1.54, 1.807) is 18.2 Å². The van der Waals surface area contributed by atoms with Crippen LogP contribution in [0.4, 0.5) is 13.2 Å². The SMILES string of the molecule is Cc1cc(CNC=O)on1.Fc1ccc(-c2[nH]c3c(F)cc(F)cc3c2C2CCC2)cc1. The van der Waals surface area contributed by atoms with E-state index in [0.29, 0.717) is 35.5 Å². The number of carbonyl (C=O) groups is 1. The molecule has 166 valence electrons. The third-order valence-electron chi connectivity index (χ3n) is 5.55. The fraction of sp³-hybridized carbons (Fsp3) is 0.250. The summed E-state index contributed by atoms with van der Waals surface area (Å²) in [5.74, 6) is -0.513. The molecular weight excluding hydrogens is 419 g/mol. The van der Waals surface area contributed by atoms with E-state index >= 15 is 0 Å². The second-order valence-corrected chi connectivity index (χ2v) is 7.79. The van der Waals surface area contributed by atoms with Crippen molar-refractivity contribution in [1.82, 2.24) is 15.5 Å². The molecule has 2 N–H and O–H groups in total. The van der Waals surface area contributed by atoms with Gasteiger partial charge in [-0.25, -0.2) is 13.2 Å². The molecule has 0 bridgehead atoms. The van der Waals surface area contributed by atoms with Crippen LogP contribution >= 0.6 is 0 Å². The summed E-state index contributed by atoms with van der Waals surface area (Å²) in [6.07, 6.45) is 3.77. The molecule has 1 aliphatic carbocycles. The molecule has 0 unspecified atom stereocenters. The Morgan fingerprint density at radius 2 is 1.88 bits per heavy atom.